The van der Waals surface area contributed by atoms with Crippen molar-refractivity contribution in [3.05, 3.63) is 35.4 Å². The van der Waals surface area contributed by atoms with Crippen LogP contribution in [0.25, 0.3) is 0 Å². The molecule has 0 radical (unpaired) electrons. The molecular formula is C14H17ClN2O2. The van der Waals surface area contributed by atoms with Gasteiger partial charge in [-0.2, -0.15) is 0 Å². The zero-order valence-electron chi connectivity index (χ0n) is 10.9. The van der Waals surface area contributed by atoms with E-state index in [2.05, 4.69) is 0 Å². The number of hydrogen-bond donors (Lipinski definition) is 1. The van der Waals surface area contributed by atoms with Gasteiger partial charge < -0.3 is 10.6 Å². The number of likely N-dealkylation sites (tertiary alicyclic amines) is 1. The molecule has 0 spiro atoms. The number of hydrogen-bond acceptors (Lipinski definition) is 2. The van der Waals surface area contributed by atoms with Gasteiger partial charge in [-0.05, 0) is 31.0 Å². The summed E-state index contributed by atoms with van der Waals surface area (Å²) in [7, 11) is 0. The van der Waals surface area contributed by atoms with E-state index in [1.807, 2.05) is 12.1 Å². The third-order valence-corrected chi connectivity index (χ3v) is 4.02. The first-order valence-corrected chi connectivity index (χ1v) is 6.74. The van der Waals surface area contributed by atoms with Crippen LogP contribution in [-0.4, -0.2) is 29.8 Å². The molecule has 0 aromatic heterocycles. The van der Waals surface area contributed by atoms with Crippen LogP contribution in [0.4, 0.5) is 0 Å². The number of nitrogens with zero attached hydrogens (tertiary/aromatic N) is 1. The van der Waals surface area contributed by atoms with Crippen LogP contribution < -0.4 is 5.73 Å². The smallest absolute Gasteiger partial charge is 0.253 e. The number of alkyl halides is 1. The van der Waals surface area contributed by atoms with E-state index >= 15 is 0 Å². The average molecular weight is 281 g/mol. The van der Waals surface area contributed by atoms with E-state index in [1.165, 1.54) is 0 Å². The summed E-state index contributed by atoms with van der Waals surface area (Å²) in [6.07, 6.45) is 0.619. The van der Waals surface area contributed by atoms with E-state index in [0.29, 0.717) is 31.0 Å². The summed E-state index contributed by atoms with van der Waals surface area (Å²) < 4.78 is 0. The van der Waals surface area contributed by atoms with Crippen molar-refractivity contribution in [3.8, 4) is 0 Å². The van der Waals surface area contributed by atoms with E-state index in [0.717, 1.165) is 5.56 Å². The summed E-state index contributed by atoms with van der Waals surface area (Å²) in [5.41, 5.74) is 6.36. The molecule has 1 aliphatic rings. The lowest BCUT2D eigenvalue weighted by Crippen LogP contribution is -2.38. The van der Waals surface area contributed by atoms with E-state index < -0.39 is 5.41 Å². The first-order chi connectivity index (χ1) is 8.96. The maximum Gasteiger partial charge on any atom is 0.253 e. The first kappa shape index (κ1) is 13.9. The number of amides is 2. The monoisotopic (exact) mass is 280 g/mol. The molecule has 0 bridgehead atoms. The fourth-order valence-corrected chi connectivity index (χ4v) is 2.43. The quantitative estimate of drug-likeness (QED) is 0.858. The molecule has 2 rings (SSSR count). The van der Waals surface area contributed by atoms with Gasteiger partial charge in [0.2, 0.25) is 5.91 Å². The van der Waals surface area contributed by atoms with Crippen LogP contribution in [0.2, 0.25) is 0 Å². The Hall–Kier alpha value is -1.55. The van der Waals surface area contributed by atoms with Gasteiger partial charge in [-0.15, -0.1) is 11.6 Å². The molecular weight excluding hydrogens is 264 g/mol. The molecule has 1 aliphatic heterocycles. The molecule has 4 nitrogen and oxygen atoms in total. The molecule has 1 unspecified atom stereocenters. The first-order valence-electron chi connectivity index (χ1n) is 6.20. The normalized spacial score (nSPS) is 22.5. The standard InChI is InChI=1S/C14H17ClN2O2/c1-14(13(16)19)6-7-17(9-14)12(18)11-4-2-10(8-15)3-5-11/h2-5H,6-9H2,1H3,(H2,16,19). The summed E-state index contributed by atoms with van der Waals surface area (Å²) >= 11 is 5.71. The third-order valence-electron chi connectivity index (χ3n) is 3.71. The lowest BCUT2D eigenvalue weighted by Gasteiger charge is -2.21. The fourth-order valence-electron chi connectivity index (χ4n) is 2.25. The van der Waals surface area contributed by atoms with Gasteiger partial charge in [0.25, 0.3) is 5.91 Å². The number of benzene rings is 1. The Kier molecular flexibility index (Phi) is 3.80. The number of nitrogens with two attached hydrogens (primary N) is 1. The maximum absolute atomic E-state index is 12.3. The van der Waals surface area contributed by atoms with Crippen molar-refractivity contribution in [3.63, 3.8) is 0 Å². The summed E-state index contributed by atoms with van der Waals surface area (Å²) in [5, 5.41) is 0. The molecule has 1 atom stereocenters. The van der Waals surface area contributed by atoms with E-state index in [4.69, 9.17) is 17.3 Å². The molecule has 1 fully saturated rings. The molecule has 0 saturated carbocycles. The minimum absolute atomic E-state index is 0.0638. The largest absolute Gasteiger partial charge is 0.369 e. The van der Waals surface area contributed by atoms with Gasteiger partial charge in [0.1, 0.15) is 0 Å². The van der Waals surface area contributed by atoms with Crippen LogP contribution in [0.3, 0.4) is 0 Å². The van der Waals surface area contributed by atoms with Gasteiger partial charge >= 0.3 is 0 Å². The SMILES string of the molecule is CC1(C(N)=O)CCN(C(=O)c2ccc(CCl)cc2)C1. The van der Waals surface area contributed by atoms with E-state index in [9.17, 15) is 9.59 Å². The van der Waals surface area contributed by atoms with Crippen molar-refractivity contribution >= 4 is 23.4 Å². The molecule has 1 aromatic rings. The second kappa shape index (κ2) is 5.21. The summed E-state index contributed by atoms with van der Waals surface area (Å²) in [6.45, 7) is 2.76. The van der Waals surface area contributed by atoms with Gasteiger partial charge in [0.15, 0.2) is 0 Å². The van der Waals surface area contributed by atoms with Crippen LogP contribution in [0.5, 0.6) is 0 Å². The highest BCUT2D eigenvalue weighted by atomic mass is 35.5. The van der Waals surface area contributed by atoms with Crippen LogP contribution in [0.1, 0.15) is 29.3 Å². The van der Waals surface area contributed by atoms with Gasteiger partial charge in [-0.25, -0.2) is 0 Å². The highest BCUT2D eigenvalue weighted by Crippen LogP contribution is 2.30. The Balaban J connectivity index is 2.11. The summed E-state index contributed by atoms with van der Waals surface area (Å²) in [5.74, 6) is 0.0177. The van der Waals surface area contributed by atoms with Crippen molar-refractivity contribution in [2.24, 2.45) is 11.1 Å². The summed E-state index contributed by atoms with van der Waals surface area (Å²) in [4.78, 5) is 25.4. The molecule has 1 aromatic carbocycles. The topological polar surface area (TPSA) is 63.4 Å². The molecule has 2 amide bonds. The van der Waals surface area contributed by atoms with Crippen LogP contribution in [0.15, 0.2) is 24.3 Å². The lowest BCUT2D eigenvalue weighted by atomic mass is 9.89. The second-order valence-corrected chi connectivity index (χ2v) is 5.50. The highest BCUT2D eigenvalue weighted by molar-refractivity contribution is 6.17. The van der Waals surface area contributed by atoms with E-state index in [-0.39, 0.29) is 11.8 Å². The fraction of sp³-hybridized carbons (Fsp3) is 0.429. The van der Waals surface area contributed by atoms with Gasteiger partial charge in [0.05, 0.1) is 5.41 Å². The highest BCUT2D eigenvalue weighted by Gasteiger charge is 2.40. The number of rotatable bonds is 3. The van der Waals surface area contributed by atoms with Crippen molar-refractivity contribution in [1.82, 2.24) is 4.90 Å². The van der Waals surface area contributed by atoms with E-state index in [1.54, 1.807) is 24.0 Å². The van der Waals surface area contributed by atoms with Crippen LogP contribution >= 0.6 is 11.6 Å². The Morgan fingerprint density at radius 2 is 2.00 bits per heavy atom. The minimum Gasteiger partial charge on any atom is -0.369 e. The Bertz CT molecular complexity index is 501. The zero-order chi connectivity index (χ0) is 14.0. The number of carbonyl (C=O) groups excluding carboxylic acids is 2. The minimum atomic E-state index is -0.605. The second-order valence-electron chi connectivity index (χ2n) is 5.23. The average Bonchev–Trinajstić information content (AvgIpc) is 2.82. The molecule has 1 saturated heterocycles. The number of carbonyl (C=O) groups is 2. The van der Waals surface area contributed by atoms with Crippen LogP contribution in [-0.2, 0) is 10.7 Å². The van der Waals surface area contributed by atoms with Gasteiger partial charge in [-0.1, -0.05) is 12.1 Å². The maximum atomic E-state index is 12.3. The number of halogens is 1. The predicted molar refractivity (Wildman–Crippen MR) is 73.8 cm³/mol. The molecule has 19 heavy (non-hydrogen) atoms. The Morgan fingerprint density at radius 3 is 2.47 bits per heavy atom. The predicted octanol–water partition coefficient (Wildman–Crippen LogP) is 1.76. The Morgan fingerprint density at radius 1 is 1.37 bits per heavy atom. The molecule has 1 heterocycles. The third kappa shape index (κ3) is 2.73. The molecule has 0 aliphatic carbocycles. The Labute approximate surface area is 117 Å². The lowest BCUT2D eigenvalue weighted by molar-refractivity contribution is -0.126. The van der Waals surface area contributed by atoms with Crippen LogP contribution in [0, 0.1) is 5.41 Å². The van der Waals surface area contributed by atoms with Crippen molar-refractivity contribution < 1.29 is 9.59 Å². The molecule has 5 heteroatoms. The zero-order valence-corrected chi connectivity index (χ0v) is 11.6. The molecule has 2 N–H and O–H groups in total. The van der Waals surface area contributed by atoms with Gasteiger partial charge in [0, 0.05) is 24.5 Å². The summed E-state index contributed by atoms with van der Waals surface area (Å²) in [6, 6.07) is 7.20. The van der Waals surface area contributed by atoms with Crippen molar-refractivity contribution in [2.45, 2.75) is 19.2 Å². The van der Waals surface area contributed by atoms with Gasteiger partial charge in [-0.3, -0.25) is 9.59 Å². The van der Waals surface area contributed by atoms with Crippen molar-refractivity contribution in [2.75, 3.05) is 13.1 Å². The molecule has 102 valence electrons. The van der Waals surface area contributed by atoms with Crippen molar-refractivity contribution in [1.29, 1.82) is 0 Å². The number of primary amides is 1.